The van der Waals surface area contributed by atoms with Gasteiger partial charge in [-0.15, -0.1) is 0 Å². The van der Waals surface area contributed by atoms with Gasteiger partial charge in [0.1, 0.15) is 24.0 Å². The van der Waals surface area contributed by atoms with Crippen LogP contribution in [0.4, 0.5) is 0 Å². The largest absolute Gasteiger partial charge is 0.490 e. The fourth-order valence-electron chi connectivity index (χ4n) is 1.51. The fourth-order valence-corrected chi connectivity index (χ4v) is 1.51. The third-order valence-electron chi connectivity index (χ3n) is 2.63. The molecular formula is C17H19NO3. The van der Waals surface area contributed by atoms with Gasteiger partial charge in [0.25, 0.3) is 0 Å². The highest BCUT2D eigenvalue weighted by Crippen LogP contribution is 2.15. The van der Waals surface area contributed by atoms with Gasteiger partial charge in [-0.3, -0.25) is 0 Å². The van der Waals surface area contributed by atoms with Crippen molar-refractivity contribution < 1.29 is 14.3 Å². The lowest BCUT2D eigenvalue weighted by Crippen LogP contribution is -2.07. The molecule has 0 bridgehead atoms. The van der Waals surface area contributed by atoms with E-state index in [2.05, 4.69) is 6.58 Å². The van der Waals surface area contributed by atoms with Crippen LogP contribution in [0.5, 0.6) is 5.75 Å². The van der Waals surface area contributed by atoms with Gasteiger partial charge in [-0.25, -0.2) is 4.79 Å². The molecule has 21 heavy (non-hydrogen) atoms. The van der Waals surface area contributed by atoms with E-state index in [0.717, 1.165) is 18.4 Å². The van der Waals surface area contributed by atoms with Crippen molar-refractivity contribution in [2.24, 2.45) is 0 Å². The smallest absolute Gasteiger partial charge is 0.348 e. The Morgan fingerprint density at radius 3 is 2.67 bits per heavy atom. The van der Waals surface area contributed by atoms with Crippen LogP contribution in [0.3, 0.4) is 0 Å². The number of ether oxygens (including phenoxy) is 2. The van der Waals surface area contributed by atoms with Crippen LogP contribution in [-0.4, -0.2) is 19.2 Å². The van der Waals surface area contributed by atoms with Crippen molar-refractivity contribution in [2.75, 3.05) is 13.2 Å². The standard InChI is InChI=1S/C17H19NO3/c1-3-5-11-21-17(19)15(13-18)12-14-6-8-16(9-7-14)20-10-4-2/h4,6-9,12H,2-3,5,10-11H2,1H3/b15-12-. The molecule has 110 valence electrons. The van der Waals surface area contributed by atoms with Gasteiger partial charge < -0.3 is 9.47 Å². The SMILES string of the molecule is C=CCOc1ccc(/C=C(/C#N)C(=O)OCCCC)cc1. The number of benzene rings is 1. The predicted octanol–water partition coefficient (Wildman–Crippen LogP) is 3.50. The summed E-state index contributed by atoms with van der Waals surface area (Å²) < 4.78 is 10.4. The molecule has 0 aliphatic carbocycles. The van der Waals surface area contributed by atoms with Crippen LogP contribution in [0.2, 0.25) is 0 Å². The van der Waals surface area contributed by atoms with Crippen molar-refractivity contribution >= 4 is 12.0 Å². The minimum Gasteiger partial charge on any atom is -0.490 e. The molecule has 0 heterocycles. The molecule has 0 radical (unpaired) electrons. The number of carbonyl (C=O) groups excluding carboxylic acids is 1. The summed E-state index contributed by atoms with van der Waals surface area (Å²) in [5.41, 5.74) is 0.732. The van der Waals surface area contributed by atoms with E-state index >= 15 is 0 Å². The van der Waals surface area contributed by atoms with Gasteiger partial charge in [0.05, 0.1) is 6.61 Å². The van der Waals surface area contributed by atoms with Crippen LogP contribution in [0.15, 0.2) is 42.5 Å². The second-order valence-electron chi connectivity index (χ2n) is 4.33. The number of unbranched alkanes of at least 4 members (excludes halogenated alkanes) is 1. The molecule has 0 aliphatic heterocycles. The molecule has 0 saturated heterocycles. The summed E-state index contributed by atoms with van der Waals surface area (Å²) in [6.07, 6.45) is 4.89. The molecule has 1 rings (SSSR count). The molecule has 0 aromatic heterocycles. The molecule has 1 aromatic carbocycles. The van der Waals surface area contributed by atoms with Gasteiger partial charge in [-0.05, 0) is 30.2 Å². The third kappa shape index (κ3) is 5.96. The van der Waals surface area contributed by atoms with Crippen molar-refractivity contribution in [3.8, 4) is 11.8 Å². The number of nitrogens with zero attached hydrogens (tertiary/aromatic N) is 1. The van der Waals surface area contributed by atoms with Crippen molar-refractivity contribution in [3.63, 3.8) is 0 Å². The summed E-state index contributed by atoms with van der Waals surface area (Å²) >= 11 is 0. The zero-order valence-electron chi connectivity index (χ0n) is 12.2. The maximum atomic E-state index is 11.7. The molecular weight excluding hydrogens is 266 g/mol. The Kier molecular flexibility index (Phi) is 7.37. The second kappa shape index (κ2) is 9.38. The summed E-state index contributed by atoms with van der Waals surface area (Å²) in [5, 5.41) is 9.03. The number of nitriles is 1. The maximum absolute atomic E-state index is 11.7. The van der Waals surface area contributed by atoms with E-state index in [1.165, 1.54) is 6.08 Å². The van der Waals surface area contributed by atoms with Crippen molar-refractivity contribution in [3.05, 3.63) is 48.1 Å². The zero-order valence-corrected chi connectivity index (χ0v) is 12.2. The van der Waals surface area contributed by atoms with Crippen molar-refractivity contribution in [1.82, 2.24) is 0 Å². The van der Waals surface area contributed by atoms with Gasteiger partial charge in [-0.1, -0.05) is 38.1 Å². The number of carbonyl (C=O) groups is 1. The van der Waals surface area contributed by atoms with Crippen LogP contribution in [0, 0.1) is 11.3 Å². The molecule has 0 unspecified atom stereocenters. The molecule has 4 heteroatoms. The first kappa shape index (κ1) is 16.5. The van der Waals surface area contributed by atoms with Crippen LogP contribution in [-0.2, 0) is 9.53 Å². The van der Waals surface area contributed by atoms with E-state index in [4.69, 9.17) is 14.7 Å². The fraction of sp³-hybridized carbons (Fsp3) is 0.294. The van der Waals surface area contributed by atoms with E-state index < -0.39 is 5.97 Å². The lowest BCUT2D eigenvalue weighted by atomic mass is 10.1. The van der Waals surface area contributed by atoms with Crippen LogP contribution >= 0.6 is 0 Å². The Hall–Kier alpha value is -2.54. The van der Waals surface area contributed by atoms with Crippen LogP contribution in [0.1, 0.15) is 25.3 Å². The van der Waals surface area contributed by atoms with E-state index in [1.54, 1.807) is 30.3 Å². The molecule has 0 spiro atoms. The summed E-state index contributed by atoms with van der Waals surface area (Å²) in [6.45, 7) is 6.35. The van der Waals surface area contributed by atoms with E-state index in [-0.39, 0.29) is 5.57 Å². The Bertz CT molecular complexity index is 538. The average Bonchev–Trinajstić information content (AvgIpc) is 2.51. The molecule has 0 N–H and O–H groups in total. The quantitative estimate of drug-likeness (QED) is 0.241. The highest BCUT2D eigenvalue weighted by atomic mass is 16.5. The minimum atomic E-state index is -0.585. The monoisotopic (exact) mass is 285 g/mol. The molecule has 0 fully saturated rings. The molecule has 4 nitrogen and oxygen atoms in total. The predicted molar refractivity (Wildman–Crippen MR) is 81.6 cm³/mol. The van der Waals surface area contributed by atoms with Gasteiger partial charge >= 0.3 is 5.97 Å². The molecule has 0 saturated carbocycles. The highest BCUT2D eigenvalue weighted by Gasteiger charge is 2.10. The molecule has 0 aliphatic rings. The number of hydrogen-bond donors (Lipinski definition) is 0. The molecule has 0 amide bonds. The highest BCUT2D eigenvalue weighted by molar-refractivity contribution is 5.97. The van der Waals surface area contributed by atoms with E-state index in [9.17, 15) is 4.79 Å². The van der Waals surface area contributed by atoms with Crippen molar-refractivity contribution in [2.45, 2.75) is 19.8 Å². The van der Waals surface area contributed by atoms with Gasteiger partial charge in [-0.2, -0.15) is 5.26 Å². The zero-order chi connectivity index (χ0) is 15.5. The Morgan fingerprint density at radius 2 is 2.10 bits per heavy atom. The topological polar surface area (TPSA) is 59.3 Å². The first-order valence-corrected chi connectivity index (χ1v) is 6.84. The second-order valence-corrected chi connectivity index (χ2v) is 4.33. The average molecular weight is 285 g/mol. The Labute approximate surface area is 125 Å². The first-order valence-electron chi connectivity index (χ1n) is 6.84. The minimum absolute atomic E-state index is 0.00846. The first-order chi connectivity index (χ1) is 10.2. The summed E-state index contributed by atoms with van der Waals surface area (Å²) in [5.74, 6) is 0.119. The molecule has 1 aromatic rings. The molecule has 0 atom stereocenters. The van der Waals surface area contributed by atoms with E-state index in [1.807, 2.05) is 13.0 Å². The normalized spacial score (nSPS) is 10.6. The van der Waals surface area contributed by atoms with Gasteiger partial charge in [0.2, 0.25) is 0 Å². The lowest BCUT2D eigenvalue weighted by Gasteiger charge is -2.04. The Balaban J connectivity index is 2.71. The third-order valence-corrected chi connectivity index (χ3v) is 2.63. The van der Waals surface area contributed by atoms with Crippen LogP contribution in [0.25, 0.3) is 6.08 Å². The Morgan fingerprint density at radius 1 is 1.38 bits per heavy atom. The van der Waals surface area contributed by atoms with Crippen LogP contribution < -0.4 is 4.74 Å². The van der Waals surface area contributed by atoms with Gasteiger partial charge in [0.15, 0.2) is 0 Å². The summed E-state index contributed by atoms with van der Waals surface area (Å²) in [4.78, 5) is 11.7. The number of hydrogen-bond acceptors (Lipinski definition) is 4. The van der Waals surface area contributed by atoms with Crippen molar-refractivity contribution in [1.29, 1.82) is 5.26 Å². The summed E-state index contributed by atoms with van der Waals surface area (Å²) in [7, 11) is 0. The van der Waals surface area contributed by atoms with Gasteiger partial charge in [0, 0.05) is 0 Å². The van der Waals surface area contributed by atoms with E-state index in [0.29, 0.717) is 19.0 Å². The summed E-state index contributed by atoms with van der Waals surface area (Å²) in [6, 6.07) is 8.96. The number of esters is 1. The maximum Gasteiger partial charge on any atom is 0.348 e. The number of rotatable bonds is 8. The lowest BCUT2D eigenvalue weighted by molar-refractivity contribution is -0.138.